The van der Waals surface area contributed by atoms with E-state index in [1.165, 1.54) is 33.2 Å². The summed E-state index contributed by atoms with van der Waals surface area (Å²) in [6, 6.07) is 21.6. The van der Waals surface area contributed by atoms with Crippen molar-refractivity contribution in [1.29, 1.82) is 0 Å². The summed E-state index contributed by atoms with van der Waals surface area (Å²) in [5.74, 6) is 2.03. The number of thioether (sulfide) groups is 1. The molecule has 0 saturated heterocycles. The Labute approximate surface area is 170 Å². The third kappa shape index (κ3) is 3.69. The van der Waals surface area contributed by atoms with E-state index in [9.17, 15) is 0 Å². The Morgan fingerprint density at radius 2 is 1.75 bits per heavy atom. The van der Waals surface area contributed by atoms with Crippen molar-refractivity contribution in [3.63, 3.8) is 0 Å². The fraction of sp³-hybridized carbons (Fsp3) is 0.250. The van der Waals surface area contributed by atoms with Gasteiger partial charge in [0.05, 0.1) is 5.69 Å². The quantitative estimate of drug-likeness (QED) is 0.373. The molecule has 3 aromatic carbocycles. The molecule has 0 saturated carbocycles. The highest BCUT2D eigenvalue weighted by Crippen LogP contribution is 2.28. The first kappa shape index (κ1) is 18.8. The van der Waals surface area contributed by atoms with E-state index < -0.39 is 0 Å². The first-order valence-electron chi connectivity index (χ1n) is 9.78. The van der Waals surface area contributed by atoms with Gasteiger partial charge in [-0.2, -0.15) is 0 Å². The van der Waals surface area contributed by atoms with Crippen molar-refractivity contribution in [2.45, 2.75) is 38.8 Å². The van der Waals surface area contributed by atoms with E-state index in [0.29, 0.717) is 0 Å². The summed E-state index contributed by atoms with van der Waals surface area (Å²) in [5.41, 5.74) is 4.97. The molecule has 0 aliphatic heterocycles. The van der Waals surface area contributed by atoms with Crippen LogP contribution in [-0.4, -0.2) is 20.5 Å². The van der Waals surface area contributed by atoms with Gasteiger partial charge in [0.25, 0.3) is 0 Å². The summed E-state index contributed by atoms with van der Waals surface area (Å²) in [4.78, 5) is 0. The standard InChI is InChI=1S/C24H25N3S/c1-4-14-28-24-26-25-23(27(24)22-13-12-17(2)15-18(22)3)16-20-10-7-9-19-8-5-6-11-21(19)20/h5-13,15H,4,14,16H2,1-3H3. The number of hydrogen-bond acceptors (Lipinski definition) is 3. The lowest BCUT2D eigenvalue weighted by Gasteiger charge is -2.14. The van der Waals surface area contributed by atoms with E-state index in [-0.39, 0.29) is 0 Å². The molecule has 4 rings (SSSR count). The Hall–Kier alpha value is -2.59. The van der Waals surface area contributed by atoms with Gasteiger partial charge in [0.2, 0.25) is 0 Å². The molecule has 0 unspecified atom stereocenters. The number of benzene rings is 3. The second kappa shape index (κ2) is 8.19. The summed E-state index contributed by atoms with van der Waals surface area (Å²) < 4.78 is 2.25. The Balaban J connectivity index is 1.81. The third-order valence-electron chi connectivity index (χ3n) is 4.96. The van der Waals surface area contributed by atoms with Crippen LogP contribution in [0.2, 0.25) is 0 Å². The number of hydrogen-bond donors (Lipinski definition) is 0. The van der Waals surface area contributed by atoms with Gasteiger partial charge in [0.1, 0.15) is 5.82 Å². The van der Waals surface area contributed by atoms with Gasteiger partial charge < -0.3 is 0 Å². The molecular weight excluding hydrogens is 362 g/mol. The Morgan fingerprint density at radius 3 is 2.57 bits per heavy atom. The average molecular weight is 388 g/mol. The summed E-state index contributed by atoms with van der Waals surface area (Å²) in [7, 11) is 0. The van der Waals surface area contributed by atoms with Crippen LogP contribution in [0.3, 0.4) is 0 Å². The minimum absolute atomic E-state index is 0.758. The van der Waals surface area contributed by atoms with Crippen LogP contribution in [0.25, 0.3) is 16.5 Å². The SMILES string of the molecule is CCCSc1nnc(Cc2cccc3ccccc23)n1-c1ccc(C)cc1C. The molecule has 0 N–H and O–H groups in total. The van der Waals surface area contributed by atoms with E-state index in [1.807, 2.05) is 0 Å². The highest BCUT2D eigenvalue weighted by Gasteiger charge is 2.17. The number of rotatable bonds is 6. The average Bonchev–Trinajstić information content (AvgIpc) is 3.09. The van der Waals surface area contributed by atoms with Crippen molar-refractivity contribution in [3.8, 4) is 5.69 Å². The lowest BCUT2D eigenvalue weighted by Crippen LogP contribution is -2.06. The Bertz CT molecular complexity index is 1110. The lowest BCUT2D eigenvalue weighted by atomic mass is 10.0. The molecule has 0 fully saturated rings. The summed E-state index contributed by atoms with van der Waals surface area (Å²) in [6.45, 7) is 6.49. The predicted octanol–water partition coefficient (Wildman–Crippen LogP) is 6.13. The zero-order chi connectivity index (χ0) is 19.5. The van der Waals surface area contributed by atoms with Crippen LogP contribution in [0.1, 0.15) is 35.9 Å². The van der Waals surface area contributed by atoms with Gasteiger partial charge in [-0.25, -0.2) is 0 Å². The van der Waals surface area contributed by atoms with Crippen molar-refractivity contribution >= 4 is 22.5 Å². The molecule has 0 bridgehead atoms. The first-order chi connectivity index (χ1) is 13.7. The molecular formula is C24H25N3S. The molecule has 28 heavy (non-hydrogen) atoms. The number of nitrogens with zero attached hydrogens (tertiary/aromatic N) is 3. The van der Waals surface area contributed by atoms with Gasteiger partial charge in [-0.15, -0.1) is 10.2 Å². The van der Waals surface area contributed by atoms with E-state index in [2.05, 4.69) is 96.2 Å². The van der Waals surface area contributed by atoms with Crippen LogP contribution in [0.15, 0.2) is 65.8 Å². The molecule has 0 aliphatic rings. The second-order valence-corrected chi connectivity index (χ2v) is 8.25. The fourth-order valence-electron chi connectivity index (χ4n) is 3.62. The molecule has 0 amide bonds. The third-order valence-corrected chi connectivity index (χ3v) is 6.09. The molecule has 0 spiro atoms. The van der Waals surface area contributed by atoms with Crippen LogP contribution in [-0.2, 0) is 6.42 Å². The van der Waals surface area contributed by atoms with E-state index >= 15 is 0 Å². The van der Waals surface area contributed by atoms with Gasteiger partial charge in [0.15, 0.2) is 5.16 Å². The maximum Gasteiger partial charge on any atom is 0.195 e. The van der Waals surface area contributed by atoms with Gasteiger partial charge >= 0.3 is 0 Å². The normalized spacial score (nSPS) is 11.2. The van der Waals surface area contributed by atoms with Crippen LogP contribution in [0.4, 0.5) is 0 Å². The van der Waals surface area contributed by atoms with Crippen molar-refractivity contribution in [2.75, 3.05) is 5.75 Å². The molecule has 0 radical (unpaired) electrons. The Morgan fingerprint density at radius 1 is 0.929 bits per heavy atom. The van der Waals surface area contributed by atoms with Crippen molar-refractivity contribution in [3.05, 3.63) is 83.2 Å². The van der Waals surface area contributed by atoms with Crippen LogP contribution in [0, 0.1) is 13.8 Å². The smallest absolute Gasteiger partial charge is 0.195 e. The van der Waals surface area contributed by atoms with Crippen LogP contribution < -0.4 is 0 Å². The first-order valence-corrected chi connectivity index (χ1v) is 10.8. The van der Waals surface area contributed by atoms with Gasteiger partial charge in [-0.1, -0.05) is 78.8 Å². The minimum atomic E-state index is 0.758. The number of fused-ring (bicyclic) bond motifs is 1. The zero-order valence-electron chi connectivity index (χ0n) is 16.6. The van der Waals surface area contributed by atoms with Crippen molar-refractivity contribution in [2.24, 2.45) is 0 Å². The highest BCUT2D eigenvalue weighted by molar-refractivity contribution is 7.99. The van der Waals surface area contributed by atoms with E-state index in [0.717, 1.165) is 29.6 Å². The molecule has 0 aliphatic carbocycles. The molecule has 4 aromatic rings. The maximum absolute atomic E-state index is 4.60. The predicted molar refractivity (Wildman–Crippen MR) is 119 cm³/mol. The summed E-state index contributed by atoms with van der Waals surface area (Å²) >= 11 is 1.78. The lowest BCUT2D eigenvalue weighted by molar-refractivity contribution is 0.841. The largest absolute Gasteiger partial charge is 0.273 e. The topological polar surface area (TPSA) is 30.7 Å². The Kier molecular flexibility index (Phi) is 5.49. The van der Waals surface area contributed by atoms with E-state index in [4.69, 9.17) is 0 Å². The summed E-state index contributed by atoms with van der Waals surface area (Å²) in [6.07, 6.45) is 1.87. The van der Waals surface area contributed by atoms with Crippen molar-refractivity contribution < 1.29 is 0 Å². The second-order valence-electron chi connectivity index (χ2n) is 7.19. The summed E-state index contributed by atoms with van der Waals surface area (Å²) in [5, 5.41) is 12.7. The van der Waals surface area contributed by atoms with Gasteiger partial charge in [-0.3, -0.25) is 4.57 Å². The molecule has 142 valence electrons. The molecule has 1 heterocycles. The molecule has 4 heteroatoms. The highest BCUT2D eigenvalue weighted by atomic mass is 32.2. The molecule has 1 aromatic heterocycles. The monoisotopic (exact) mass is 387 g/mol. The van der Waals surface area contributed by atoms with Crippen molar-refractivity contribution in [1.82, 2.24) is 14.8 Å². The van der Waals surface area contributed by atoms with Gasteiger partial charge in [-0.05, 0) is 48.2 Å². The maximum atomic E-state index is 4.60. The van der Waals surface area contributed by atoms with Gasteiger partial charge in [0, 0.05) is 12.2 Å². The number of aryl methyl sites for hydroxylation is 2. The van der Waals surface area contributed by atoms with Crippen LogP contribution in [0.5, 0.6) is 0 Å². The molecule has 0 atom stereocenters. The van der Waals surface area contributed by atoms with Crippen LogP contribution >= 0.6 is 11.8 Å². The zero-order valence-corrected chi connectivity index (χ0v) is 17.5. The van der Waals surface area contributed by atoms with E-state index in [1.54, 1.807) is 11.8 Å². The number of aromatic nitrogens is 3. The molecule has 3 nitrogen and oxygen atoms in total. The minimum Gasteiger partial charge on any atom is -0.273 e. The fourth-order valence-corrected chi connectivity index (χ4v) is 4.43.